The van der Waals surface area contributed by atoms with Crippen molar-refractivity contribution in [3.05, 3.63) is 29.3 Å². The maximum absolute atomic E-state index is 12.2. The first kappa shape index (κ1) is 14.7. The van der Waals surface area contributed by atoms with E-state index < -0.39 is 10.0 Å². The van der Waals surface area contributed by atoms with Crippen LogP contribution in [-0.4, -0.2) is 40.4 Å². The van der Waals surface area contributed by atoms with Crippen LogP contribution in [0.2, 0.25) is 5.02 Å². The molecule has 0 spiro atoms. The van der Waals surface area contributed by atoms with Crippen molar-refractivity contribution in [1.29, 1.82) is 0 Å². The van der Waals surface area contributed by atoms with Crippen molar-refractivity contribution in [1.82, 2.24) is 4.72 Å². The lowest BCUT2D eigenvalue weighted by Crippen LogP contribution is -2.43. The smallest absolute Gasteiger partial charge is 0.240 e. The quantitative estimate of drug-likeness (QED) is 0.893. The van der Waals surface area contributed by atoms with E-state index in [9.17, 15) is 8.42 Å². The zero-order valence-electron chi connectivity index (χ0n) is 10.5. The Hall–Kier alpha value is -0.660. The summed E-state index contributed by atoms with van der Waals surface area (Å²) in [5.74, 6) is 0. The first-order chi connectivity index (χ1) is 9.03. The first-order valence-electron chi connectivity index (χ1n) is 6.00. The Morgan fingerprint density at radius 3 is 2.68 bits per heavy atom. The molecule has 1 aromatic rings. The van der Waals surface area contributed by atoms with Gasteiger partial charge in [0.15, 0.2) is 0 Å². The number of halogens is 1. The number of rotatable bonds is 5. The molecule has 1 aliphatic rings. The van der Waals surface area contributed by atoms with Gasteiger partial charge in [-0.3, -0.25) is 0 Å². The van der Waals surface area contributed by atoms with Gasteiger partial charge in [0.05, 0.1) is 30.3 Å². The molecule has 0 aliphatic carbocycles. The summed E-state index contributed by atoms with van der Waals surface area (Å²) in [6.45, 7) is 3.11. The molecule has 1 N–H and O–H groups in total. The molecule has 1 fully saturated rings. The van der Waals surface area contributed by atoms with E-state index in [1.807, 2.05) is 6.92 Å². The molecule has 2 rings (SSSR count). The maximum Gasteiger partial charge on any atom is 0.240 e. The molecule has 0 radical (unpaired) electrons. The lowest BCUT2D eigenvalue weighted by atomic mass is 10.2. The van der Waals surface area contributed by atoms with Gasteiger partial charge in [-0.25, -0.2) is 13.1 Å². The van der Waals surface area contributed by atoms with Crippen molar-refractivity contribution < 1.29 is 17.9 Å². The summed E-state index contributed by atoms with van der Waals surface area (Å²) in [7, 11) is -3.58. The molecule has 0 amide bonds. The molecule has 1 aliphatic heterocycles. The normalized spacial score (nSPS) is 23.7. The van der Waals surface area contributed by atoms with Gasteiger partial charge in [-0.15, -0.1) is 0 Å². The SMILES string of the molecule is CCO[C@H]1COC[C@@H]1NS(=O)(=O)c1ccc(Cl)cc1. The van der Waals surface area contributed by atoms with Crippen LogP contribution < -0.4 is 4.72 Å². The average molecular weight is 306 g/mol. The van der Waals surface area contributed by atoms with Gasteiger partial charge in [0.25, 0.3) is 0 Å². The number of hydrogen-bond donors (Lipinski definition) is 1. The molecule has 2 atom stereocenters. The summed E-state index contributed by atoms with van der Waals surface area (Å²) in [6.07, 6.45) is -0.243. The number of benzene rings is 1. The first-order valence-corrected chi connectivity index (χ1v) is 7.86. The lowest BCUT2D eigenvalue weighted by Gasteiger charge is -2.18. The third-order valence-corrected chi connectivity index (χ3v) is 4.60. The monoisotopic (exact) mass is 305 g/mol. The van der Waals surface area contributed by atoms with E-state index in [4.69, 9.17) is 21.1 Å². The third kappa shape index (κ3) is 3.67. The molecule has 0 saturated carbocycles. The van der Waals surface area contributed by atoms with Crippen LogP contribution in [0.3, 0.4) is 0 Å². The van der Waals surface area contributed by atoms with Gasteiger partial charge < -0.3 is 9.47 Å². The minimum Gasteiger partial charge on any atom is -0.377 e. The molecule has 19 heavy (non-hydrogen) atoms. The fourth-order valence-corrected chi connectivity index (χ4v) is 3.28. The van der Waals surface area contributed by atoms with Gasteiger partial charge in [0, 0.05) is 11.6 Å². The minimum atomic E-state index is -3.58. The standard InChI is InChI=1S/C12H16ClNO4S/c1-2-18-12-8-17-7-11(12)14-19(15,16)10-5-3-9(13)4-6-10/h3-6,11-12,14H,2,7-8H2,1H3/t11-,12-/m0/s1. The summed E-state index contributed by atoms with van der Waals surface area (Å²) in [5.41, 5.74) is 0. The van der Waals surface area contributed by atoms with Crippen LogP contribution in [0.5, 0.6) is 0 Å². The summed E-state index contributed by atoms with van der Waals surface area (Å²) < 4.78 is 37.7. The Bertz CT molecular complexity index is 517. The van der Waals surface area contributed by atoms with E-state index in [-0.39, 0.29) is 17.0 Å². The Kier molecular flexibility index (Phi) is 4.81. The number of sulfonamides is 1. The van der Waals surface area contributed by atoms with Crippen molar-refractivity contribution in [3.8, 4) is 0 Å². The van der Waals surface area contributed by atoms with Gasteiger partial charge in [-0.1, -0.05) is 11.6 Å². The minimum absolute atomic E-state index is 0.180. The van der Waals surface area contributed by atoms with Crippen molar-refractivity contribution in [2.45, 2.75) is 24.0 Å². The van der Waals surface area contributed by atoms with Gasteiger partial charge in [0.1, 0.15) is 0 Å². The Labute approximate surface area is 117 Å². The largest absolute Gasteiger partial charge is 0.377 e. The van der Waals surface area contributed by atoms with Crippen molar-refractivity contribution in [3.63, 3.8) is 0 Å². The van der Waals surface area contributed by atoms with Gasteiger partial charge in [0.2, 0.25) is 10.0 Å². The van der Waals surface area contributed by atoms with Crippen molar-refractivity contribution >= 4 is 21.6 Å². The van der Waals surface area contributed by atoms with E-state index in [2.05, 4.69) is 4.72 Å². The molecule has 7 heteroatoms. The Morgan fingerprint density at radius 1 is 1.37 bits per heavy atom. The molecule has 1 heterocycles. The average Bonchev–Trinajstić information content (AvgIpc) is 2.77. The molecule has 5 nitrogen and oxygen atoms in total. The summed E-state index contributed by atoms with van der Waals surface area (Å²) in [6, 6.07) is 5.66. The fraction of sp³-hybridized carbons (Fsp3) is 0.500. The van der Waals surface area contributed by atoms with Crippen LogP contribution in [0.4, 0.5) is 0 Å². The molecular weight excluding hydrogens is 290 g/mol. The lowest BCUT2D eigenvalue weighted by molar-refractivity contribution is 0.0440. The number of ether oxygens (including phenoxy) is 2. The van der Waals surface area contributed by atoms with Crippen LogP contribution in [0, 0.1) is 0 Å². The maximum atomic E-state index is 12.2. The highest BCUT2D eigenvalue weighted by atomic mass is 35.5. The molecule has 1 saturated heterocycles. The second kappa shape index (κ2) is 6.19. The van der Waals surface area contributed by atoms with E-state index in [1.165, 1.54) is 12.1 Å². The molecule has 1 aromatic carbocycles. The zero-order valence-corrected chi connectivity index (χ0v) is 12.1. The third-order valence-electron chi connectivity index (χ3n) is 2.84. The summed E-state index contributed by atoms with van der Waals surface area (Å²) in [5, 5.41) is 0.496. The summed E-state index contributed by atoms with van der Waals surface area (Å²) in [4.78, 5) is 0.180. The van der Waals surface area contributed by atoms with Gasteiger partial charge >= 0.3 is 0 Å². The zero-order chi connectivity index (χ0) is 13.9. The highest BCUT2D eigenvalue weighted by Gasteiger charge is 2.32. The van der Waals surface area contributed by atoms with E-state index in [1.54, 1.807) is 12.1 Å². The topological polar surface area (TPSA) is 64.6 Å². The van der Waals surface area contributed by atoms with E-state index in [0.29, 0.717) is 24.8 Å². The van der Waals surface area contributed by atoms with Crippen LogP contribution in [-0.2, 0) is 19.5 Å². The van der Waals surface area contributed by atoms with Crippen LogP contribution in [0.25, 0.3) is 0 Å². The van der Waals surface area contributed by atoms with Crippen LogP contribution in [0.1, 0.15) is 6.92 Å². The molecule has 0 aromatic heterocycles. The fourth-order valence-electron chi connectivity index (χ4n) is 1.90. The predicted molar refractivity (Wildman–Crippen MR) is 71.8 cm³/mol. The highest BCUT2D eigenvalue weighted by Crippen LogP contribution is 2.17. The van der Waals surface area contributed by atoms with Crippen molar-refractivity contribution in [2.24, 2.45) is 0 Å². The number of hydrogen-bond acceptors (Lipinski definition) is 4. The van der Waals surface area contributed by atoms with Crippen LogP contribution in [0.15, 0.2) is 29.2 Å². The second-order valence-electron chi connectivity index (χ2n) is 4.21. The molecule has 0 bridgehead atoms. The number of nitrogens with one attached hydrogen (secondary N) is 1. The highest BCUT2D eigenvalue weighted by molar-refractivity contribution is 7.89. The summed E-state index contributed by atoms with van der Waals surface area (Å²) >= 11 is 5.74. The predicted octanol–water partition coefficient (Wildman–Crippen LogP) is 1.42. The van der Waals surface area contributed by atoms with Crippen LogP contribution >= 0.6 is 11.6 Å². The van der Waals surface area contributed by atoms with Gasteiger partial charge in [-0.05, 0) is 31.2 Å². The molecule has 0 unspecified atom stereocenters. The van der Waals surface area contributed by atoms with Gasteiger partial charge in [-0.2, -0.15) is 0 Å². The Morgan fingerprint density at radius 2 is 2.05 bits per heavy atom. The Balaban J connectivity index is 2.10. The van der Waals surface area contributed by atoms with E-state index >= 15 is 0 Å². The molecule has 106 valence electrons. The van der Waals surface area contributed by atoms with Crippen molar-refractivity contribution in [2.75, 3.05) is 19.8 Å². The second-order valence-corrected chi connectivity index (χ2v) is 6.36. The molecular formula is C12H16ClNO4S. The van der Waals surface area contributed by atoms with E-state index in [0.717, 1.165) is 0 Å².